The molecule has 1 heterocycles. The lowest BCUT2D eigenvalue weighted by Crippen LogP contribution is -2.44. The van der Waals surface area contributed by atoms with E-state index in [4.69, 9.17) is 4.74 Å². The maximum absolute atomic E-state index is 11.9. The predicted molar refractivity (Wildman–Crippen MR) is 87.6 cm³/mol. The molecule has 126 valence electrons. The molecule has 2 aromatic rings. The van der Waals surface area contributed by atoms with Gasteiger partial charge >= 0.3 is 0 Å². The molecular weight excluding hydrogens is 308 g/mol. The van der Waals surface area contributed by atoms with Crippen LogP contribution in [0, 0.1) is 13.8 Å². The topological polar surface area (TPSA) is 96.1 Å². The van der Waals surface area contributed by atoms with Crippen molar-refractivity contribution in [1.29, 1.82) is 0 Å². The van der Waals surface area contributed by atoms with Crippen LogP contribution in [-0.4, -0.2) is 28.6 Å². The average Bonchev–Trinajstić information content (AvgIpc) is 3.30. The van der Waals surface area contributed by atoms with Crippen molar-refractivity contribution in [3.8, 4) is 5.75 Å². The first-order valence-electron chi connectivity index (χ1n) is 7.87. The van der Waals surface area contributed by atoms with E-state index in [-0.39, 0.29) is 12.3 Å². The molecule has 7 heteroatoms. The van der Waals surface area contributed by atoms with Gasteiger partial charge in [0, 0.05) is 11.6 Å². The van der Waals surface area contributed by atoms with E-state index in [9.17, 15) is 9.59 Å². The lowest BCUT2D eigenvalue weighted by atomic mass is 10.1. The summed E-state index contributed by atoms with van der Waals surface area (Å²) in [5.74, 6) is 0.193. The molecule has 1 fully saturated rings. The molecule has 0 unspecified atom stereocenters. The molecule has 1 aromatic carbocycles. The second-order valence-electron chi connectivity index (χ2n) is 6.02. The van der Waals surface area contributed by atoms with Crippen LogP contribution in [-0.2, 0) is 4.79 Å². The van der Waals surface area contributed by atoms with Crippen LogP contribution < -0.4 is 15.6 Å². The van der Waals surface area contributed by atoms with Crippen molar-refractivity contribution < 1.29 is 14.3 Å². The normalized spacial score (nSPS) is 13.4. The van der Waals surface area contributed by atoms with Crippen LogP contribution in [0.4, 0.5) is 0 Å². The summed E-state index contributed by atoms with van der Waals surface area (Å²) in [5.41, 5.74) is 8.11. The van der Waals surface area contributed by atoms with Crippen molar-refractivity contribution in [2.75, 3.05) is 6.61 Å². The first-order valence-corrected chi connectivity index (χ1v) is 7.87. The zero-order valence-corrected chi connectivity index (χ0v) is 13.7. The van der Waals surface area contributed by atoms with Gasteiger partial charge in [-0.1, -0.05) is 6.07 Å². The fourth-order valence-corrected chi connectivity index (χ4v) is 2.24. The molecule has 0 atom stereocenters. The number of aryl methyl sites for hydroxylation is 2. The van der Waals surface area contributed by atoms with Gasteiger partial charge in [0.2, 0.25) is 0 Å². The molecule has 3 rings (SSSR count). The molecule has 1 aliphatic rings. The monoisotopic (exact) mass is 328 g/mol. The van der Waals surface area contributed by atoms with Gasteiger partial charge < -0.3 is 4.74 Å². The highest BCUT2D eigenvalue weighted by Gasteiger charge is 2.26. The van der Waals surface area contributed by atoms with Crippen molar-refractivity contribution >= 4 is 11.8 Å². The number of carbonyl (C=O) groups excluding carboxylic acids is 2. The van der Waals surface area contributed by atoms with Crippen LogP contribution >= 0.6 is 0 Å². The number of nitrogens with one attached hydrogen (secondary N) is 3. The minimum absolute atomic E-state index is 0.184. The van der Waals surface area contributed by atoms with Gasteiger partial charge in [-0.25, -0.2) is 0 Å². The van der Waals surface area contributed by atoms with E-state index in [0.717, 1.165) is 29.7 Å². The quantitative estimate of drug-likeness (QED) is 0.729. The Bertz CT molecular complexity index is 765. The second-order valence-corrected chi connectivity index (χ2v) is 6.02. The van der Waals surface area contributed by atoms with E-state index < -0.39 is 11.8 Å². The molecule has 0 spiro atoms. The third kappa shape index (κ3) is 3.92. The number of aromatic nitrogens is 2. The molecule has 0 radical (unpaired) electrons. The van der Waals surface area contributed by atoms with Gasteiger partial charge in [-0.2, -0.15) is 5.10 Å². The second kappa shape index (κ2) is 6.74. The Labute approximate surface area is 139 Å². The number of carbonyl (C=O) groups is 2. The Morgan fingerprint density at radius 3 is 2.71 bits per heavy atom. The maximum atomic E-state index is 11.9. The van der Waals surface area contributed by atoms with Crippen LogP contribution in [0.5, 0.6) is 5.75 Å². The smallest absolute Gasteiger partial charge is 0.290 e. The Balaban J connectivity index is 1.44. The van der Waals surface area contributed by atoms with Gasteiger partial charge in [-0.15, -0.1) is 0 Å². The highest BCUT2D eigenvalue weighted by atomic mass is 16.5. The van der Waals surface area contributed by atoms with Crippen LogP contribution in [0.3, 0.4) is 0 Å². The molecule has 7 nitrogen and oxygen atoms in total. The first-order chi connectivity index (χ1) is 11.5. The molecule has 1 saturated carbocycles. The molecule has 24 heavy (non-hydrogen) atoms. The van der Waals surface area contributed by atoms with E-state index in [1.165, 1.54) is 0 Å². The van der Waals surface area contributed by atoms with Crippen LogP contribution in [0.2, 0.25) is 0 Å². The van der Waals surface area contributed by atoms with Crippen molar-refractivity contribution in [2.24, 2.45) is 0 Å². The molecule has 2 amide bonds. The van der Waals surface area contributed by atoms with Gasteiger partial charge in [0.15, 0.2) is 12.3 Å². The molecule has 1 aliphatic carbocycles. The van der Waals surface area contributed by atoms with Crippen molar-refractivity contribution in [3.63, 3.8) is 0 Å². The number of rotatable bonds is 5. The Morgan fingerprint density at radius 1 is 1.21 bits per heavy atom. The third-order valence-electron chi connectivity index (χ3n) is 4.01. The molecule has 0 aliphatic heterocycles. The Kier molecular flexibility index (Phi) is 4.50. The minimum Gasteiger partial charge on any atom is -0.484 e. The number of hydrogen-bond acceptors (Lipinski definition) is 4. The summed E-state index contributed by atoms with van der Waals surface area (Å²) >= 11 is 0. The maximum Gasteiger partial charge on any atom is 0.290 e. The molecule has 1 aromatic heterocycles. The van der Waals surface area contributed by atoms with Crippen LogP contribution in [0.25, 0.3) is 0 Å². The largest absolute Gasteiger partial charge is 0.484 e. The lowest BCUT2D eigenvalue weighted by molar-refractivity contribution is -0.123. The fraction of sp³-hybridized carbons (Fsp3) is 0.353. The van der Waals surface area contributed by atoms with E-state index in [2.05, 4.69) is 21.0 Å². The average molecular weight is 328 g/mol. The first kappa shape index (κ1) is 16.0. The minimum atomic E-state index is -0.460. The van der Waals surface area contributed by atoms with E-state index >= 15 is 0 Å². The zero-order valence-electron chi connectivity index (χ0n) is 13.7. The zero-order chi connectivity index (χ0) is 17.1. The highest BCUT2D eigenvalue weighted by Crippen LogP contribution is 2.38. The number of aromatic amines is 1. The number of hydrogen-bond donors (Lipinski definition) is 3. The van der Waals surface area contributed by atoms with Crippen LogP contribution in [0.15, 0.2) is 24.3 Å². The Morgan fingerprint density at radius 2 is 2.00 bits per heavy atom. The number of benzene rings is 1. The standard InChI is InChI=1S/C17H20N4O3/c1-10-3-6-13(7-11(10)2)24-9-16(22)20-21-17(23)15-8-14(18-19-15)12-4-5-12/h3,6-8,12H,4-5,9H2,1-2H3,(H,18,19)(H,20,22)(H,21,23). The third-order valence-corrected chi connectivity index (χ3v) is 4.01. The predicted octanol–water partition coefficient (Wildman–Crippen LogP) is 1.74. The van der Waals surface area contributed by atoms with E-state index in [0.29, 0.717) is 11.7 Å². The highest BCUT2D eigenvalue weighted by molar-refractivity contribution is 5.93. The van der Waals surface area contributed by atoms with Crippen molar-refractivity contribution in [1.82, 2.24) is 21.0 Å². The fourth-order valence-electron chi connectivity index (χ4n) is 2.24. The summed E-state index contributed by atoms with van der Waals surface area (Å²) in [6.07, 6.45) is 2.24. The molecular formula is C17H20N4O3. The van der Waals surface area contributed by atoms with Gasteiger partial charge in [-0.3, -0.25) is 25.5 Å². The lowest BCUT2D eigenvalue weighted by Gasteiger charge is -2.09. The summed E-state index contributed by atoms with van der Waals surface area (Å²) in [6.45, 7) is 3.80. The summed E-state index contributed by atoms with van der Waals surface area (Å²) in [7, 11) is 0. The van der Waals surface area contributed by atoms with Crippen molar-refractivity contribution in [3.05, 3.63) is 46.8 Å². The van der Waals surface area contributed by atoms with Gasteiger partial charge in [0.1, 0.15) is 5.75 Å². The molecule has 0 saturated heterocycles. The van der Waals surface area contributed by atoms with E-state index in [1.807, 2.05) is 26.0 Å². The van der Waals surface area contributed by atoms with Gasteiger partial charge in [0.05, 0.1) is 0 Å². The summed E-state index contributed by atoms with van der Waals surface area (Å²) in [5, 5.41) is 6.79. The number of nitrogens with zero attached hydrogens (tertiary/aromatic N) is 1. The number of ether oxygens (including phenoxy) is 1. The van der Waals surface area contributed by atoms with Crippen LogP contribution in [0.1, 0.15) is 46.1 Å². The van der Waals surface area contributed by atoms with E-state index in [1.54, 1.807) is 12.1 Å². The SMILES string of the molecule is Cc1ccc(OCC(=O)NNC(=O)c2cc(C3CC3)[nH]n2)cc1C. The van der Waals surface area contributed by atoms with Gasteiger partial charge in [-0.05, 0) is 56.0 Å². The summed E-state index contributed by atoms with van der Waals surface area (Å²) in [4.78, 5) is 23.7. The van der Waals surface area contributed by atoms with Crippen molar-refractivity contribution in [2.45, 2.75) is 32.6 Å². The summed E-state index contributed by atoms with van der Waals surface area (Å²) < 4.78 is 5.40. The number of H-pyrrole nitrogens is 1. The molecule has 0 bridgehead atoms. The summed E-state index contributed by atoms with van der Waals surface area (Å²) in [6, 6.07) is 7.31. The molecule has 3 N–H and O–H groups in total. The number of hydrazine groups is 1. The number of amides is 2. The van der Waals surface area contributed by atoms with Gasteiger partial charge in [0.25, 0.3) is 11.8 Å². The Hall–Kier alpha value is -2.83.